The molecule has 0 saturated heterocycles. The molecule has 28 heavy (non-hydrogen) atoms. The van der Waals surface area contributed by atoms with E-state index in [2.05, 4.69) is 10.2 Å². The minimum atomic E-state index is -0.516. The van der Waals surface area contributed by atoms with Crippen molar-refractivity contribution in [1.82, 2.24) is 10.2 Å². The van der Waals surface area contributed by atoms with Crippen LogP contribution in [-0.2, 0) is 22.6 Å². The van der Waals surface area contributed by atoms with Crippen LogP contribution in [0.5, 0.6) is 0 Å². The topological polar surface area (TPSA) is 102 Å². The van der Waals surface area contributed by atoms with E-state index in [0.717, 1.165) is 5.56 Å². The third kappa shape index (κ3) is 3.42. The van der Waals surface area contributed by atoms with Crippen LogP contribution in [-0.4, -0.2) is 16.2 Å². The van der Waals surface area contributed by atoms with Crippen molar-refractivity contribution in [1.29, 1.82) is 0 Å². The Morgan fingerprint density at radius 2 is 1.86 bits per heavy atom. The molecule has 0 fully saturated rings. The molecule has 4 rings (SSSR count). The second-order valence-corrected chi connectivity index (χ2v) is 6.47. The highest BCUT2D eigenvalue weighted by Gasteiger charge is 2.13. The van der Waals surface area contributed by atoms with Gasteiger partial charge in [-0.15, -0.1) is 0 Å². The number of aromatic amines is 1. The number of aromatic nitrogens is 2. The molecule has 7 nitrogen and oxygen atoms in total. The molecule has 0 aliphatic heterocycles. The number of carbonyl (C=O) groups is 1. The van der Waals surface area contributed by atoms with Gasteiger partial charge in [-0.1, -0.05) is 30.3 Å². The normalized spacial score (nSPS) is 11.0. The number of nitrogens with one attached hydrogen (secondary N) is 1. The summed E-state index contributed by atoms with van der Waals surface area (Å²) in [6.07, 6.45) is -0.101. The molecule has 0 bridgehead atoms. The minimum Gasteiger partial charge on any atom is -0.460 e. The van der Waals surface area contributed by atoms with Gasteiger partial charge in [-0.25, -0.2) is 9.89 Å². The zero-order valence-electron chi connectivity index (χ0n) is 15.0. The highest BCUT2D eigenvalue weighted by molar-refractivity contribution is 5.87. The summed E-state index contributed by atoms with van der Waals surface area (Å²) in [6.45, 7) is 1.83. The van der Waals surface area contributed by atoms with Crippen LogP contribution in [0.25, 0.3) is 21.7 Å². The summed E-state index contributed by atoms with van der Waals surface area (Å²) in [5.74, 6) is -0.516. The first-order valence-corrected chi connectivity index (χ1v) is 8.66. The Kier molecular flexibility index (Phi) is 4.49. The number of aryl methyl sites for hydroxylation is 1. The van der Waals surface area contributed by atoms with Crippen molar-refractivity contribution in [3.05, 3.63) is 86.1 Å². The molecular formula is C21H16N2O5. The lowest BCUT2D eigenvalue weighted by Gasteiger charge is -2.08. The predicted molar refractivity (Wildman–Crippen MR) is 103 cm³/mol. The van der Waals surface area contributed by atoms with E-state index in [0.29, 0.717) is 33.0 Å². The first kappa shape index (κ1) is 17.7. The zero-order chi connectivity index (χ0) is 19.7. The van der Waals surface area contributed by atoms with Crippen LogP contribution in [0.1, 0.15) is 16.8 Å². The Hall–Kier alpha value is -3.74. The van der Waals surface area contributed by atoms with Gasteiger partial charge in [0.05, 0.1) is 17.5 Å². The number of nitrogens with zero attached hydrogens (tertiary/aromatic N) is 1. The SMILES string of the molecule is Cc1ccc2c(COC(=O)Cc3n[nH]c(=O)c4ccccc34)cc(=O)oc2c1. The van der Waals surface area contributed by atoms with Crippen molar-refractivity contribution in [2.75, 3.05) is 0 Å². The lowest BCUT2D eigenvalue weighted by molar-refractivity contribution is -0.144. The smallest absolute Gasteiger partial charge is 0.336 e. The van der Waals surface area contributed by atoms with Crippen LogP contribution in [0.4, 0.5) is 0 Å². The Bertz CT molecular complexity index is 1320. The lowest BCUT2D eigenvalue weighted by Crippen LogP contribution is -2.15. The first-order valence-electron chi connectivity index (χ1n) is 8.66. The van der Waals surface area contributed by atoms with E-state index >= 15 is 0 Å². The molecule has 0 unspecified atom stereocenters. The van der Waals surface area contributed by atoms with Gasteiger partial charge in [0.15, 0.2) is 0 Å². The van der Waals surface area contributed by atoms with E-state index in [1.54, 1.807) is 30.3 Å². The van der Waals surface area contributed by atoms with Gasteiger partial charge < -0.3 is 9.15 Å². The summed E-state index contributed by atoms with van der Waals surface area (Å²) in [7, 11) is 0. The van der Waals surface area contributed by atoms with Crippen LogP contribution < -0.4 is 11.2 Å². The van der Waals surface area contributed by atoms with Crippen molar-refractivity contribution < 1.29 is 13.9 Å². The largest absolute Gasteiger partial charge is 0.460 e. The quantitative estimate of drug-likeness (QED) is 0.434. The van der Waals surface area contributed by atoms with Gasteiger partial charge in [-0.3, -0.25) is 9.59 Å². The highest BCUT2D eigenvalue weighted by Crippen LogP contribution is 2.19. The van der Waals surface area contributed by atoms with E-state index in [1.165, 1.54) is 6.07 Å². The summed E-state index contributed by atoms with van der Waals surface area (Å²) < 4.78 is 10.6. The van der Waals surface area contributed by atoms with Gasteiger partial charge in [0.2, 0.25) is 0 Å². The molecule has 2 aromatic carbocycles. The minimum absolute atomic E-state index is 0.0642. The summed E-state index contributed by atoms with van der Waals surface area (Å²) in [6, 6.07) is 13.7. The summed E-state index contributed by atoms with van der Waals surface area (Å²) >= 11 is 0. The molecule has 0 saturated carbocycles. The molecule has 140 valence electrons. The Morgan fingerprint density at radius 1 is 1.07 bits per heavy atom. The van der Waals surface area contributed by atoms with Crippen molar-refractivity contribution in [3.8, 4) is 0 Å². The van der Waals surface area contributed by atoms with Gasteiger partial charge in [0.25, 0.3) is 5.56 Å². The van der Waals surface area contributed by atoms with Gasteiger partial charge >= 0.3 is 11.6 Å². The summed E-state index contributed by atoms with van der Waals surface area (Å²) in [5, 5.41) is 8.14. The van der Waals surface area contributed by atoms with Crippen LogP contribution in [0.15, 0.2) is 62.5 Å². The number of carbonyl (C=O) groups excluding carboxylic acids is 1. The number of fused-ring (bicyclic) bond motifs is 2. The maximum absolute atomic E-state index is 12.3. The fraction of sp³-hybridized carbons (Fsp3) is 0.143. The molecule has 0 amide bonds. The average molecular weight is 376 g/mol. The third-order valence-electron chi connectivity index (χ3n) is 4.46. The van der Waals surface area contributed by atoms with Crippen molar-refractivity contribution in [2.45, 2.75) is 20.0 Å². The average Bonchev–Trinajstić information content (AvgIpc) is 2.68. The third-order valence-corrected chi connectivity index (χ3v) is 4.46. The fourth-order valence-corrected chi connectivity index (χ4v) is 3.11. The molecule has 4 aromatic rings. The number of H-pyrrole nitrogens is 1. The number of esters is 1. The van der Waals surface area contributed by atoms with Crippen LogP contribution >= 0.6 is 0 Å². The monoisotopic (exact) mass is 376 g/mol. The molecule has 0 atom stereocenters. The molecule has 1 N–H and O–H groups in total. The number of ether oxygens (including phenoxy) is 1. The number of benzene rings is 2. The van der Waals surface area contributed by atoms with E-state index < -0.39 is 11.6 Å². The number of hydrogen-bond acceptors (Lipinski definition) is 6. The zero-order valence-corrected chi connectivity index (χ0v) is 15.0. The van der Waals surface area contributed by atoms with Gasteiger partial charge in [0.1, 0.15) is 12.2 Å². The summed E-state index contributed by atoms with van der Waals surface area (Å²) in [4.78, 5) is 35.9. The lowest BCUT2D eigenvalue weighted by atomic mass is 10.1. The van der Waals surface area contributed by atoms with E-state index in [9.17, 15) is 14.4 Å². The van der Waals surface area contributed by atoms with Crippen molar-refractivity contribution in [3.63, 3.8) is 0 Å². The van der Waals surface area contributed by atoms with Gasteiger partial charge in [-0.05, 0) is 24.6 Å². The molecule has 0 aliphatic carbocycles. The second kappa shape index (κ2) is 7.11. The van der Waals surface area contributed by atoms with E-state index in [4.69, 9.17) is 9.15 Å². The first-order chi connectivity index (χ1) is 13.5. The Morgan fingerprint density at radius 3 is 2.68 bits per heavy atom. The van der Waals surface area contributed by atoms with Crippen molar-refractivity contribution in [2.24, 2.45) is 0 Å². The van der Waals surface area contributed by atoms with Gasteiger partial charge in [0, 0.05) is 22.4 Å². The summed E-state index contributed by atoms with van der Waals surface area (Å²) in [5.41, 5.74) is 1.59. The molecule has 0 aliphatic rings. The van der Waals surface area contributed by atoms with E-state index in [-0.39, 0.29) is 18.6 Å². The number of hydrogen-bond donors (Lipinski definition) is 1. The molecule has 2 heterocycles. The Labute approximate surface area is 158 Å². The number of rotatable bonds is 4. The standard InChI is InChI=1S/C21H16N2O5/c1-12-6-7-14-13(9-20(25)28-18(14)8-12)11-27-19(24)10-17-15-4-2-3-5-16(15)21(26)23-22-17/h2-9H,10-11H2,1H3,(H,23,26). The van der Waals surface area contributed by atoms with Crippen LogP contribution in [0, 0.1) is 6.92 Å². The van der Waals surface area contributed by atoms with E-state index in [1.807, 2.05) is 19.1 Å². The molecular weight excluding hydrogens is 360 g/mol. The predicted octanol–water partition coefficient (Wildman–Crippen LogP) is 2.62. The molecule has 2 aromatic heterocycles. The second-order valence-electron chi connectivity index (χ2n) is 6.47. The maximum Gasteiger partial charge on any atom is 0.336 e. The molecule has 0 radical (unpaired) electrons. The fourth-order valence-electron chi connectivity index (χ4n) is 3.11. The molecule has 7 heteroatoms. The highest BCUT2D eigenvalue weighted by atomic mass is 16.5. The Balaban J connectivity index is 1.56. The molecule has 0 spiro atoms. The maximum atomic E-state index is 12.3. The van der Waals surface area contributed by atoms with Crippen molar-refractivity contribution >= 4 is 27.7 Å². The van der Waals surface area contributed by atoms with Gasteiger partial charge in [-0.2, -0.15) is 5.10 Å². The van der Waals surface area contributed by atoms with Crippen LogP contribution in [0.3, 0.4) is 0 Å². The van der Waals surface area contributed by atoms with Crippen LogP contribution in [0.2, 0.25) is 0 Å².